The van der Waals surface area contributed by atoms with Crippen LogP contribution in [-0.2, 0) is 11.2 Å². The molecular weight excluding hydrogens is 262 g/mol. The Hall–Kier alpha value is -1.20. The van der Waals surface area contributed by atoms with Crippen LogP contribution < -0.4 is 5.73 Å². The summed E-state index contributed by atoms with van der Waals surface area (Å²) in [5.41, 5.74) is 5.49. The summed E-state index contributed by atoms with van der Waals surface area (Å²) in [6.45, 7) is 2.12. The van der Waals surface area contributed by atoms with Gasteiger partial charge in [-0.05, 0) is 25.1 Å². The molecule has 0 aromatic heterocycles. The highest BCUT2D eigenvalue weighted by molar-refractivity contribution is 5.85. The van der Waals surface area contributed by atoms with Crippen molar-refractivity contribution in [2.24, 2.45) is 5.73 Å². The standard InChI is InChI=1S/C12H16F2N2O.ClH/c1-8(7-15)16(2)12(17)6-9-5-10(13)3-4-11(9)14;/h3-5,8H,6-7,15H2,1-2H3;1H. The number of nitrogens with two attached hydrogens (primary N) is 1. The number of benzene rings is 1. The van der Waals surface area contributed by atoms with Crippen LogP contribution in [0, 0.1) is 11.6 Å². The minimum Gasteiger partial charge on any atom is -0.341 e. The fourth-order valence-corrected chi connectivity index (χ4v) is 1.37. The van der Waals surface area contributed by atoms with Gasteiger partial charge in [-0.25, -0.2) is 8.78 Å². The van der Waals surface area contributed by atoms with Crippen LogP contribution >= 0.6 is 12.4 Å². The van der Waals surface area contributed by atoms with Crippen molar-refractivity contribution in [3.8, 4) is 0 Å². The Morgan fingerprint density at radius 1 is 1.44 bits per heavy atom. The van der Waals surface area contributed by atoms with Crippen LogP contribution in [0.4, 0.5) is 8.78 Å². The van der Waals surface area contributed by atoms with Gasteiger partial charge in [0.1, 0.15) is 11.6 Å². The third-order valence-electron chi connectivity index (χ3n) is 2.75. The molecule has 6 heteroatoms. The van der Waals surface area contributed by atoms with Gasteiger partial charge in [-0.2, -0.15) is 0 Å². The summed E-state index contributed by atoms with van der Waals surface area (Å²) in [5, 5.41) is 0. The Bertz CT molecular complexity index is 415. The number of likely N-dealkylation sites (N-methyl/N-ethyl adjacent to an activating group) is 1. The molecule has 1 amide bonds. The highest BCUT2D eigenvalue weighted by atomic mass is 35.5. The molecule has 1 aromatic rings. The van der Waals surface area contributed by atoms with Gasteiger partial charge in [-0.15, -0.1) is 12.4 Å². The number of hydrogen-bond donors (Lipinski definition) is 1. The molecule has 18 heavy (non-hydrogen) atoms. The number of nitrogens with zero attached hydrogens (tertiary/aromatic N) is 1. The summed E-state index contributed by atoms with van der Waals surface area (Å²) in [5.74, 6) is -1.41. The van der Waals surface area contributed by atoms with Crippen LogP contribution in [0.25, 0.3) is 0 Å². The Morgan fingerprint density at radius 2 is 2.06 bits per heavy atom. The van der Waals surface area contributed by atoms with Gasteiger partial charge in [-0.1, -0.05) is 0 Å². The second-order valence-corrected chi connectivity index (χ2v) is 4.00. The first-order chi connectivity index (χ1) is 7.95. The predicted octanol–water partition coefficient (Wildman–Crippen LogP) is 1.73. The number of hydrogen-bond acceptors (Lipinski definition) is 2. The molecule has 0 radical (unpaired) electrons. The predicted molar refractivity (Wildman–Crippen MR) is 68.6 cm³/mol. The van der Waals surface area contributed by atoms with E-state index in [0.717, 1.165) is 18.2 Å². The molecule has 0 bridgehead atoms. The average Bonchev–Trinajstić information content (AvgIpc) is 2.31. The molecule has 0 aliphatic rings. The third kappa shape index (κ3) is 4.23. The van der Waals surface area contributed by atoms with Crippen molar-refractivity contribution in [2.75, 3.05) is 13.6 Å². The highest BCUT2D eigenvalue weighted by Gasteiger charge is 2.16. The summed E-state index contributed by atoms with van der Waals surface area (Å²) >= 11 is 0. The molecule has 1 unspecified atom stereocenters. The Kier molecular flexibility index (Phi) is 6.80. The van der Waals surface area contributed by atoms with Crippen molar-refractivity contribution in [3.63, 3.8) is 0 Å². The zero-order valence-electron chi connectivity index (χ0n) is 10.3. The summed E-state index contributed by atoms with van der Waals surface area (Å²) in [7, 11) is 1.59. The molecule has 1 atom stereocenters. The Morgan fingerprint density at radius 3 is 2.61 bits per heavy atom. The minimum atomic E-state index is -0.575. The SMILES string of the molecule is CC(CN)N(C)C(=O)Cc1cc(F)ccc1F.Cl. The van der Waals surface area contributed by atoms with Crippen LogP contribution in [0.5, 0.6) is 0 Å². The maximum atomic E-state index is 13.3. The molecule has 0 saturated carbocycles. The molecule has 1 rings (SSSR count). The first-order valence-electron chi connectivity index (χ1n) is 5.35. The van der Waals surface area contributed by atoms with E-state index in [1.54, 1.807) is 14.0 Å². The monoisotopic (exact) mass is 278 g/mol. The van der Waals surface area contributed by atoms with E-state index < -0.39 is 11.6 Å². The number of amides is 1. The van der Waals surface area contributed by atoms with Gasteiger partial charge in [0.15, 0.2) is 0 Å². The van der Waals surface area contributed by atoms with E-state index in [1.807, 2.05) is 0 Å². The van der Waals surface area contributed by atoms with Crippen molar-refractivity contribution >= 4 is 18.3 Å². The van der Waals surface area contributed by atoms with Crippen molar-refractivity contribution < 1.29 is 13.6 Å². The lowest BCUT2D eigenvalue weighted by atomic mass is 10.1. The van der Waals surface area contributed by atoms with Crippen LogP contribution in [-0.4, -0.2) is 30.4 Å². The fraction of sp³-hybridized carbons (Fsp3) is 0.417. The van der Waals surface area contributed by atoms with Crippen molar-refractivity contribution in [3.05, 3.63) is 35.4 Å². The minimum absolute atomic E-state index is 0. The summed E-state index contributed by atoms with van der Waals surface area (Å²) < 4.78 is 26.2. The molecule has 1 aromatic carbocycles. The largest absolute Gasteiger partial charge is 0.341 e. The Balaban J connectivity index is 0.00000289. The van der Waals surface area contributed by atoms with E-state index in [9.17, 15) is 13.6 Å². The molecule has 2 N–H and O–H groups in total. The number of carbonyl (C=O) groups is 1. The smallest absolute Gasteiger partial charge is 0.227 e. The lowest BCUT2D eigenvalue weighted by molar-refractivity contribution is -0.130. The van der Waals surface area contributed by atoms with E-state index >= 15 is 0 Å². The number of halogens is 3. The highest BCUT2D eigenvalue weighted by Crippen LogP contribution is 2.11. The number of rotatable bonds is 4. The molecule has 0 aliphatic heterocycles. The van der Waals surface area contributed by atoms with Gasteiger partial charge in [0.05, 0.1) is 6.42 Å². The first kappa shape index (κ1) is 16.8. The van der Waals surface area contributed by atoms with E-state index in [1.165, 1.54) is 4.90 Å². The van der Waals surface area contributed by atoms with Gasteiger partial charge in [0.2, 0.25) is 5.91 Å². The average molecular weight is 279 g/mol. The Labute approximate surface area is 111 Å². The molecule has 102 valence electrons. The van der Waals surface area contributed by atoms with Crippen LogP contribution in [0.2, 0.25) is 0 Å². The number of carbonyl (C=O) groups excluding carboxylic acids is 1. The molecular formula is C12H17ClF2N2O. The summed E-state index contributed by atoms with van der Waals surface area (Å²) in [6.07, 6.45) is -0.162. The van der Waals surface area contributed by atoms with Crippen molar-refractivity contribution in [2.45, 2.75) is 19.4 Å². The summed E-state index contributed by atoms with van der Waals surface area (Å²) in [6, 6.07) is 2.95. The maximum Gasteiger partial charge on any atom is 0.227 e. The maximum absolute atomic E-state index is 13.3. The zero-order valence-corrected chi connectivity index (χ0v) is 11.1. The molecule has 0 heterocycles. The van der Waals surface area contributed by atoms with Crippen LogP contribution in [0.1, 0.15) is 12.5 Å². The molecule has 3 nitrogen and oxygen atoms in total. The molecule has 0 spiro atoms. The van der Waals surface area contributed by atoms with E-state index in [0.29, 0.717) is 6.54 Å². The lowest BCUT2D eigenvalue weighted by Crippen LogP contribution is -2.40. The van der Waals surface area contributed by atoms with Gasteiger partial charge in [0.25, 0.3) is 0 Å². The topological polar surface area (TPSA) is 46.3 Å². The first-order valence-corrected chi connectivity index (χ1v) is 5.35. The molecule has 0 aliphatic carbocycles. The third-order valence-corrected chi connectivity index (χ3v) is 2.75. The van der Waals surface area contributed by atoms with E-state index in [4.69, 9.17) is 5.73 Å². The fourth-order valence-electron chi connectivity index (χ4n) is 1.37. The van der Waals surface area contributed by atoms with Crippen LogP contribution in [0.15, 0.2) is 18.2 Å². The second-order valence-electron chi connectivity index (χ2n) is 4.00. The summed E-state index contributed by atoms with van der Waals surface area (Å²) in [4.78, 5) is 13.2. The van der Waals surface area contributed by atoms with E-state index in [2.05, 4.69) is 0 Å². The molecule has 0 fully saturated rings. The van der Waals surface area contributed by atoms with Gasteiger partial charge in [-0.3, -0.25) is 4.79 Å². The van der Waals surface area contributed by atoms with Gasteiger partial charge >= 0.3 is 0 Å². The van der Waals surface area contributed by atoms with E-state index in [-0.39, 0.29) is 36.3 Å². The lowest BCUT2D eigenvalue weighted by Gasteiger charge is -2.23. The quantitative estimate of drug-likeness (QED) is 0.912. The van der Waals surface area contributed by atoms with Gasteiger partial charge in [0, 0.05) is 25.2 Å². The van der Waals surface area contributed by atoms with Gasteiger partial charge < -0.3 is 10.6 Å². The zero-order chi connectivity index (χ0) is 13.0. The second kappa shape index (κ2) is 7.28. The van der Waals surface area contributed by atoms with Crippen LogP contribution in [0.3, 0.4) is 0 Å². The molecule has 0 saturated heterocycles. The van der Waals surface area contributed by atoms with Crippen molar-refractivity contribution in [1.82, 2.24) is 4.90 Å². The van der Waals surface area contributed by atoms with Crippen molar-refractivity contribution in [1.29, 1.82) is 0 Å². The normalized spacial score (nSPS) is 11.6.